The van der Waals surface area contributed by atoms with Crippen molar-refractivity contribution in [2.45, 2.75) is 19.0 Å². The number of amides is 1. The van der Waals surface area contributed by atoms with Crippen LogP contribution < -0.4 is 10.2 Å². The van der Waals surface area contributed by atoms with Crippen molar-refractivity contribution in [3.63, 3.8) is 0 Å². The molecule has 2 aromatic carbocycles. The lowest BCUT2D eigenvalue weighted by Crippen LogP contribution is -2.20. The van der Waals surface area contributed by atoms with Gasteiger partial charge in [0.2, 0.25) is 0 Å². The third-order valence-electron chi connectivity index (χ3n) is 4.81. The smallest absolute Gasteiger partial charge is 0.250 e. The zero-order valence-electron chi connectivity index (χ0n) is 18.9. The lowest BCUT2D eigenvalue weighted by Gasteiger charge is -2.10. The van der Waals surface area contributed by atoms with Crippen LogP contribution in [0.1, 0.15) is 18.1 Å². The topological polar surface area (TPSA) is 94.3 Å². The van der Waals surface area contributed by atoms with Gasteiger partial charge in [0.1, 0.15) is 5.75 Å². The van der Waals surface area contributed by atoms with Crippen LogP contribution in [0, 0.1) is 6.92 Å². The van der Waals surface area contributed by atoms with E-state index in [1.165, 1.54) is 11.8 Å². The molecular formula is C25H24N6O2S. The summed E-state index contributed by atoms with van der Waals surface area (Å²) in [5.74, 6) is 1.27. The van der Waals surface area contributed by atoms with Gasteiger partial charge < -0.3 is 4.74 Å². The number of nitrogens with zero attached hydrogens (tertiary/aromatic N) is 5. The summed E-state index contributed by atoms with van der Waals surface area (Å²) in [4.78, 5) is 16.5. The zero-order chi connectivity index (χ0) is 23.8. The zero-order valence-corrected chi connectivity index (χ0v) is 19.7. The fourth-order valence-electron chi connectivity index (χ4n) is 3.19. The molecule has 0 spiro atoms. The molecule has 0 aliphatic carbocycles. The van der Waals surface area contributed by atoms with E-state index in [0.717, 1.165) is 22.4 Å². The first-order chi connectivity index (χ1) is 16.7. The minimum atomic E-state index is -0.251. The van der Waals surface area contributed by atoms with Crippen molar-refractivity contribution in [2.24, 2.45) is 5.10 Å². The van der Waals surface area contributed by atoms with E-state index in [0.29, 0.717) is 23.3 Å². The van der Waals surface area contributed by atoms with E-state index < -0.39 is 0 Å². The van der Waals surface area contributed by atoms with Gasteiger partial charge in [-0.3, -0.25) is 14.3 Å². The van der Waals surface area contributed by atoms with Crippen molar-refractivity contribution in [2.75, 3.05) is 12.4 Å². The molecule has 0 saturated carbocycles. The van der Waals surface area contributed by atoms with Gasteiger partial charge in [-0.15, -0.1) is 10.2 Å². The highest BCUT2D eigenvalue weighted by Gasteiger charge is 2.17. The van der Waals surface area contributed by atoms with E-state index >= 15 is 0 Å². The number of thioether (sulfide) groups is 1. The normalized spacial score (nSPS) is 11.0. The molecule has 1 amide bonds. The number of carbonyl (C=O) groups is 1. The van der Waals surface area contributed by atoms with Crippen LogP contribution >= 0.6 is 11.8 Å². The third-order valence-corrected chi connectivity index (χ3v) is 5.74. The summed E-state index contributed by atoms with van der Waals surface area (Å²) in [6.07, 6.45) is 5.00. The van der Waals surface area contributed by atoms with Crippen molar-refractivity contribution >= 4 is 23.9 Å². The summed E-state index contributed by atoms with van der Waals surface area (Å²) in [5.41, 5.74) is 6.31. The molecule has 0 fully saturated rings. The second kappa shape index (κ2) is 11.2. The Hall–Kier alpha value is -3.98. The molecule has 4 aromatic rings. The maximum absolute atomic E-state index is 12.4. The van der Waals surface area contributed by atoms with Crippen LogP contribution in [0.3, 0.4) is 0 Å². The molecule has 0 atom stereocenters. The van der Waals surface area contributed by atoms with Gasteiger partial charge >= 0.3 is 0 Å². The lowest BCUT2D eigenvalue weighted by molar-refractivity contribution is -0.118. The van der Waals surface area contributed by atoms with E-state index in [2.05, 4.69) is 25.7 Å². The average molecular weight is 473 g/mol. The number of aryl methyl sites for hydroxylation is 1. The molecule has 34 heavy (non-hydrogen) atoms. The Labute approximate surface area is 202 Å². The number of para-hydroxylation sites is 1. The molecule has 0 bridgehead atoms. The first-order valence-electron chi connectivity index (χ1n) is 10.7. The van der Waals surface area contributed by atoms with Crippen molar-refractivity contribution in [3.05, 3.63) is 84.2 Å². The van der Waals surface area contributed by atoms with Gasteiger partial charge in [0, 0.05) is 29.2 Å². The van der Waals surface area contributed by atoms with E-state index in [9.17, 15) is 4.79 Å². The van der Waals surface area contributed by atoms with Gasteiger partial charge in [-0.2, -0.15) is 5.10 Å². The summed E-state index contributed by atoms with van der Waals surface area (Å²) in [6, 6.07) is 19.3. The number of carbonyl (C=O) groups excluding carboxylic acids is 1. The van der Waals surface area contributed by atoms with Gasteiger partial charge in [-0.1, -0.05) is 41.6 Å². The van der Waals surface area contributed by atoms with E-state index in [4.69, 9.17) is 4.74 Å². The standard InChI is InChI=1S/C25H24N6O2S/c1-3-33-22-7-5-4-6-20(22)16-27-28-23(32)17-34-25-30-29-24(19-12-14-26-15-13-19)31(25)21-10-8-18(2)9-11-21/h4-16H,3,17H2,1-2H3,(H,28,32). The number of ether oxygens (including phenoxy) is 1. The Morgan fingerprint density at radius 2 is 1.85 bits per heavy atom. The van der Waals surface area contributed by atoms with Gasteiger partial charge in [0.05, 0.1) is 18.6 Å². The number of benzene rings is 2. The molecule has 0 saturated heterocycles. The first-order valence-corrected chi connectivity index (χ1v) is 11.7. The molecule has 2 aromatic heterocycles. The number of rotatable bonds is 9. The molecule has 0 unspecified atom stereocenters. The van der Waals surface area contributed by atoms with Gasteiger partial charge in [-0.25, -0.2) is 5.43 Å². The van der Waals surface area contributed by atoms with Crippen molar-refractivity contribution in [1.29, 1.82) is 0 Å². The number of hydrazone groups is 1. The molecule has 0 aliphatic heterocycles. The van der Waals surface area contributed by atoms with E-state index in [1.54, 1.807) is 18.6 Å². The predicted molar refractivity (Wildman–Crippen MR) is 133 cm³/mol. The molecule has 4 rings (SSSR count). The SMILES string of the molecule is CCOc1ccccc1C=NNC(=O)CSc1nnc(-c2ccncc2)n1-c1ccc(C)cc1. The van der Waals surface area contributed by atoms with Crippen LogP contribution in [-0.2, 0) is 4.79 Å². The molecule has 172 valence electrons. The van der Waals surface area contributed by atoms with E-state index in [-0.39, 0.29) is 11.7 Å². The van der Waals surface area contributed by atoms with Crippen molar-refractivity contribution < 1.29 is 9.53 Å². The quantitative estimate of drug-likeness (QED) is 0.222. The van der Waals surface area contributed by atoms with Gasteiger partial charge in [0.25, 0.3) is 5.91 Å². The van der Waals surface area contributed by atoms with Crippen LogP contribution in [0.2, 0.25) is 0 Å². The summed E-state index contributed by atoms with van der Waals surface area (Å²) in [6.45, 7) is 4.51. The number of hydrogen-bond acceptors (Lipinski definition) is 7. The largest absolute Gasteiger partial charge is 0.493 e. The Balaban J connectivity index is 1.48. The second-order valence-electron chi connectivity index (χ2n) is 7.27. The molecule has 0 radical (unpaired) electrons. The fraction of sp³-hybridized carbons (Fsp3) is 0.160. The maximum atomic E-state index is 12.4. The van der Waals surface area contributed by atoms with Crippen LogP contribution in [0.25, 0.3) is 17.1 Å². The van der Waals surface area contributed by atoms with Crippen molar-refractivity contribution in [3.8, 4) is 22.8 Å². The first kappa shape index (κ1) is 23.2. The molecular weight excluding hydrogens is 448 g/mol. The highest BCUT2D eigenvalue weighted by Crippen LogP contribution is 2.27. The molecule has 1 N–H and O–H groups in total. The molecule has 9 heteroatoms. The Kier molecular flexibility index (Phi) is 7.67. The van der Waals surface area contributed by atoms with Gasteiger partial charge in [-0.05, 0) is 50.2 Å². The average Bonchev–Trinajstić information content (AvgIpc) is 3.29. The summed E-state index contributed by atoms with van der Waals surface area (Å²) in [5, 5.41) is 13.4. The molecule has 0 aliphatic rings. The third kappa shape index (κ3) is 5.68. The van der Waals surface area contributed by atoms with Gasteiger partial charge in [0.15, 0.2) is 11.0 Å². The summed E-state index contributed by atoms with van der Waals surface area (Å²) < 4.78 is 7.51. The summed E-state index contributed by atoms with van der Waals surface area (Å²) in [7, 11) is 0. The minimum Gasteiger partial charge on any atom is -0.493 e. The molecule has 8 nitrogen and oxygen atoms in total. The number of pyridine rings is 1. The number of aromatic nitrogens is 4. The second-order valence-corrected chi connectivity index (χ2v) is 8.21. The Morgan fingerprint density at radius 3 is 2.62 bits per heavy atom. The predicted octanol–water partition coefficient (Wildman–Crippen LogP) is 4.28. The highest BCUT2D eigenvalue weighted by molar-refractivity contribution is 7.99. The monoisotopic (exact) mass is 472 g/mol. The lowest BCUT2D eigenvalue weighted by atomic mass is 10.2. The van der Waals surface area contributed by atoms with Crippen LogP contribution in [-0.4, -0.2) is 44.2 Å². The highest BCUT2D eigenvalue weighted by atomic mass is 32.2. The van der Waals surface area contributed by atoms with Crippen LogP contribution in [0.5, 0.6) is 5.75 Å². The maximum Gasteiger partial charge on any atom is 0.250 e. The Morgan fingerprint density at radius 1 is 1.09 bits per heavy atom. The van der Waals surface area contributed by atoms with Crippen LogP contribution in [0.4, 0.5) is 0 Å². The van der Waals surface area contributed by atoms with Crippen LogP contribution in [0.15, 0.2) is 83.3 Å². The minimum absolute atomic E-state index is 0.130. The molecule has 2 heterocycles. The number of hydrogen-bond donors (Lipinski definition) is 1. The Bertz CT molecular complexity index is 1270. The van der Waals surface area contributed by atoms with E-state index in [1.807, 2.05) is 79.1 Å². The number of nitrogens with one attached hydrogen (secondary N) is 1. The van der Waals surface area contributed by atoms with Crippen molar-refractivity contribution in [1.82, 2.24) is 25.2 Å². The fourth-order valence-corrected chi connectivity index (χ4v) is 3.93. The summed E-state index contributed by atoms with van der Waals surface area (Å²) >= 11 is 1.29.